The van der Waals surface area contributed by atoms with Crippen LogP contribution in [0.2, 0.25) is 0 Å². The minimum atomic E-state index is -0.348. The third kappa shape index (κ3) is 3.01. The number of anilines is 1. The van der Waals surface area contributed by atoms with E-state index in [2.05, 4.69) is 5.32 Å². The van der Waals surface area contributed by atoms with Gasteiger partial charge in [0.05, 0.1) is 5.69 Å². The van der Waals surface area contributed by atoms with Crippen LogP contribution < -0.4 is 15.8 Å². The lowest BCUT2D eigenvalue weighted by Crippen LogP contribution is -2.17. The van der Waals surface area contributed by atoms with E-state index < -0.39 is 0 Å². The lowest BCUT2D eigenvalue weighted by Gasteiger charge is -2.10. The molecule has 0 aliphatic carbocycles. The molecule has 1 amide bonds. The molecule has 0 heterocycles. The van der Waals surface area contributed by atoms with Crippen LogP contribution in [-0.4, -0.2) is 13.0 Å². The highest BCUT2D eigenvalue weighted by molar-refractivity contribution is 5.95. The van der Waals surface area contributed by atoms with Gasteiger partial charge in [-0.05, 0) is 42.5 Å². The first kappa shape index (κ1) is 12.9. The van der Waals surface area contributed by atoms with Crippen molar-refractivity contribution in [2.45, 2.75) is 0 Å². The van der Waals surface area contributed by atoms with Gasteiger partial charge < -0.3 is 15.8 Å². The SMILES string of the molecule is CNC(=O)c1ccc(N)c(Oc2ccc(F)cc2)c1. The molecule has 5 heteroatoms. The second-order valence-corrected chi connectivity index (χ2v) is 3.89. The first-order chi connectivity index (χ1) is 9.10. The van der Waals surface area contributed by atoms with E-state index in [0.717, 1.165) is 0 Å². The molecular weight excluding hydrogens is 247 g/mol. The average Bonchev–Trinajstić information content (AvgIpc) is 2.43. The molecule has 0 spiro atoms. The largest absolute Gasteiger partial charge is 0.455 e. The molecule has 2 aromatic rings. The fraction of sp³-hybridized carbons (Fsp3) is 0.0714. The monoisotopic (exact) mass is 260 g/mol. The standard InChI is InChI=1S/C14H13FN2O2/c1-17-14(18)9-2-7-12(16)13(8-9)19-11-5-3-10(15)4-6-11/h2-8H,16H2,1H3,(H,17,18). The van der Waals surface area contributed by atoms with Crippen LogP contribution in [0.5, 0.6) is 11.5 Å². The first-order valence-corrected chi connectivity index (χ1v) is 5.65. The number of ether oxygens (including phenoxy) is 1. The summed E-state index contributed by atoms with van der Waals surface area (Å²) in [6.07, 6.45) is 0. The van der Waals surface area contributed by atoms with Crippen LogP contribution in [0.4, 0.5) is 10.1 Å². The topological polar surface area (TPSA) is 64.4 Å². The molecule has 0 unspecified atom stereocenters. The number of amides is 1. The van der Waals surface area contributed by atoms with Crippen LogP contribution in [0.1, 0.15) is 10.4 Å². The van der Waals surface area contributed by atoms with Crippen LogP contribution in [0, 0.1) is 5.82 Å². The Bertz CT molecular complexity index is 597. The molecule has 0 atom stereocenters. The normalized spacial score (nSPS) is 10.0. The fourth-order valence-corrected chi connectivity index (χ4v) is 1.54. The number of carbonyl (C=O) groups excluding carboxylic acids is 1. The van der Waals surface area contributed by atoms with Gasteiger partial charge in [0.15, 0.2) is 5.75 Å². The van der Waals surface area contributed by atoms with Crippen LogP contribution in [0.25, 0.3) is 0 Å². The maximum atomic E-state index is 12.8. The van der Waals surface area contributed by atoms with Crippen LogP contribution >= 0.6 is 0 Å². The maximum absolute atomic E-state index is 12.8. The number of nitrogens with one attached hydrogen (secondary N) is 1. The Hall–Kier alpha value is -2.56. The van der Waals surface area contributed by atoms with E-state index in [-0.39, 0.29) is 11.7 Å². The first-order valence-electron chi connectivity index (χ1n) is 5.65. The summed E-state index contributed by atoms with van der Waals surface area (Å²) in [5, 5.41) is 2.51. The van der Waals surface area contributed by atoms with Gasteiger partial charge in [0.25, 0.3) is 5.91 Å². The van der Waals surface area contributed by atoms with Crippen molar-refractivity contribution in [2.24, 2.45) is 0 Å². The molecule has 0 radical (unpaired) electrons. The molecule has 2 aromatic carbocycles. The molecule has 0 aliphatic rings. The zero-order valence-corrected chi connectivity index (χ0v) is 10.3. The Labute approximate surface area is 110 Å². The highest BCUT2D eigenvalue weighted by Gasteiger charge is 2.08. The van der Waals surface area contributed by atoms with Gasteiger partial charge in [-0.25, -0.2) is 4.39 Å². The number of hydrogen-bond acceptors (Lipinski definition) is 3. The van der Waals surface area contributed by atoms with Crippen LogP contribution in [0.15, 0.2) is 42.5 Å². The van der Waals surface area contributed by atoms with Gasteiger partial charge >= 0.3 is 0 Å². The number of benzene rings is 2. The van der Waals surface area contributed by atoms with Crippen molar-refractivity contribution >= 4 is 11.6 Å². The molecule has 0 aliphatic heterocycles. The van der Waals surface area contributed by atoms with Gasteiger partial charge in [-0.15, -0.1) is 0 Å². The number of nitrogens with two attached hydrogens (primary N) is 1. The molecule has 0 saturated heterocycles. The summed E-state index contributed by atoms with van der Waals surface area (Å²) in [7, 11) is 1.54. The Morgan fingerprint density at radius 3 is 2.53 bits per heavy atom. The lowest BCUT2D eigenvalue weighted by atomic mass is 10.2. The Morgan fingerprint density at radius 2 is 1.89 bits per heavy atom. The zero-order chi connectivity index (χ0) is 13.8. The highest BCUT2D eigenvalue weighted by Crippen LogP contribution is 2.28. The molecular formula is C14H13FN2O2. The summed E-state index contributed by atoms with van der Waals surface area (Å²) in [6.45, 7) is 0. The molecule has 0 fully saturated rings. The van der Waals surface area contributed by atoms with E-state index >= 15 is 0 Å². The van der Waals surface area contributed by atoms with Crippen molar-refractivity contribution in [3.8, 4) is 11.5 Å². The molecule has 2 rings (SSSR count). The molecule has 0 saturated carbocycles. The van der Waals surface area contributed by atoms with E-state index in [1.165, 1.54) is 30.3 Å². The minimum absolute atomic E-state index is 0.232. The number of rotatable bonds is 3. The summed E-state index contributed by atoms with van der Waals surface area (Å²) in [5.41, 5.74) is 6.62. The van der Waals surface area contributed by atoms with E-state index in [9.17, 15) is 9.18 Å². The van der Waals surface area contributed by atoms with E-state index in [0.29, 0.717) is 22.7 Å². The van der Waals surface area contributed by atoms with Crippen LogP contribution in [0.3, 0.4) is 0 Å². The van der Waals surface area contributed by atoms with Gasteiger partial charge in [-0.2, -0.15) is 0 Å². The predicted molar refractivity (Wildman–Crippen MR) is 70.7 cm³/mol. The molecule has 4 nitrogen and oxygen atoms in total. The third-order valence-electron chi connectivity index (χ3n) is 2.54. The van der Waals surface area contributed by atoms with Crippen LogP contribution in [-0.2, 0) is 0 Å². The predicted octanol–water partition coefficient (Wildman–Crippen LogP) is 2.56. The Balaban J connectivity index is 2.28. The smallest absolute Gasteiger partial charge is 0.251 e. The van der Waals surface area contributed by atoms with E-state index in [1.807, 2.05) is 0 Å². The molecule has 0 bridgehead atoms. The number of carbonyl (C=O) groups is 1. The summed E-state index contributed by atoms with van der Waals surface area (Å²) in [5.74, 6) is 0.221. The van der Waals surface area contributed by atoms with Gasteiger partial charge in [0, 0.05) is 12.6 Å². The molecule has 0 aromatic heterocycles. The highest BCUT2D eigenvalue weighted by atomic mass is 19.1. The maximum Gasteiger partial charge on any atom is 0.251 e. The van der Waals surface area contributed by atoms with Gasteiger partial charge in [-0.3, -0.25) is 4.79 Å². The molecule has 98 valence electrons. The van der Waals surface area contributed by atoms with E-state index in [1.54, 1.807) is 19.2 Å². The van der Waals surface area contributed by atoms with Crippen molar-refractivity contribution in [1.29, 1.82) is 0 Å². The Morgan fingerprint density at radius 1 is 1.21 bits per heavy atom. The zero-order valence-electron chi connectivity index (χ0n) is 10.3. The Kier molecular flexibility index (Phi) is 3.66. The van der Waals surface area contributed by atoms with Crippen molar-refractivity contribution in [1.82, 2.24) is 5.32 Å². The average molecular weight is 260 g/mol. The minimum Gasteiger partial charge on any atom is -0.455 e. The second-order valence-electron chi connectivity index (χ2n) is 3.89. The number of nitrogen functional groups attached to an aromatic ring is 1. The number of halogens is 1. The number of hydrogen-bond donors (Lipinski definition) is 2. The summed E-state index contributed by atoms with van der Waals surface area (Å²) in [6, 6.07) is 10.3. The van der Waals surface area contributed by atoms with Gasteiger partial charge in [0.1, 0.15) is 11.6 Å². The quantitative estimate of drug-likeness (QED) is 0.833. The van der Waals surface area contributed by atoms with Crippen molar-refractivity contribution in [2.75, 3.05) is 12.8 Å². The van der Waals surface area contributed by atoms with Crippen molar-refractivity contribution in [3.05, 3.63) is 53.8 Å². The second kappa shape index (κ2) is 5.39. The van der Waals surface area contributed by atoms with Crippen molar-refractivity contribution in [3.63, 3.8) is 0 Å². The van der Waals surface area contributed by atoms with E-state index in [4.69, 9.17) is 10.5 Å². The summed E-state index contributed by atoms with van der Waals surface area (Å²) in [4.78, 5) is 11.5. The molecule has 3 N–H and O–H groups in total. The third-order valence-corrected chi connectivity index (χ3v) is 2.54. The molecule has 19 heavy (non-hydrogen) atoms. The fourth-order valence-electron chi connectivity index (χ4n) is 1.54. The summed E-state index contributed by atoms with van der Waals surface area (Å²) < 4.78 is 18.3. The lowest BCUT2D eigenvalue weighted by molar-refractivity contribution is 0.0963. The summed E-state index contributed by atoms with van der Waals surface area (Å²) >= 11 is 0. The van der Waals surface area contributed by atoms with Gasteiger partial charge in [-0.1, -0.05) is 0 Å². The van der Waals surface area contributed by atoms with Crippen molar-refractivity contribution < 1.29 is 13.9 Å². The van der Waals surface area contributed by atoms with Gasteiger partial charge in [0.2, 0.25) is 0 Å².